The lowest BCUT2D eigenvalue weighted by molar-refractivity contribution is 0.135. The summed E-state index contributed by atoms with van der Waals surface area (Å²) in [6, 6.07) is 4.80. The van der Waals surface area contributed by atoms with Gasteiger partial charge in [-0.25, -0.2) is 0 Å². The minimum atomic E-state index is 0.655. The van der Waals surface area contributed by atoms with Crippen molar-refractivity contribution in [2.24, 2.45) is 0 Å². The number of likely N-dealkylation sites (tertiary alicyclic amines) is 1. The first-order valence-corrected chi connectivity index (χ1v) is 7.05. The number of rotatable bonds is 4. The zero-order valence-electron chi connectivity index (χ0n) is 10.5. The number of aromatic nitrogens is 1. The number of pyridine rings is 1. The highest BCUT2D eigenvalue weighted by Gasteiger charge is 2.22. The summed E-state index contributed by atoms with van der Waals surface area (Å²) in [6.45, 7) is 4.31. The fourth-order valence-corrected chi connectivity index (χ4v) is 2.85. The number of alkyl halides is 1. The Morgan fingerprint density at radius 1 is 1.47 bits per heavy atom. The molecule has 2 heterocycles. The maximum Gasteiger partial charge on any atom is 0.0573 e. The van der Waals surface area contributed by atoms with Crippen LogP contribution in [0, 0.1) is 6.92 Å². The van der Waals surface area contributed by atoms with Crippen LogP contribution in [0.3, 0.4) is 0 Å². The largest absolute Gasteiger partial charge is 0.295 e. The van der Waals surface area contributed by atoms with Crippen LogP contribution in [0.4, 0.5) is 0 Å². The quantitative estimate of drug-likeness (QED) is 0.764. The number of piperidine rings is 1. The molecule has 1 fully saturated rings. The Morgan fingerprint density at radius 3 is 3.12 bits per heavy atom. The minimum absolute atomic E-state index is 0.655. The summed E-state index contributed by atoms with van der Waals surface area (Å²) in [6.07, 6.45) is 6.94. The molecule has 2 nitrogen and oxygen atoms in total. The average molecular weight is 253 g/mol. The normalized spacial score (nSPS) is 21.6. The van der Waals surface area contributed by atoms with Crippen LogP contribution in [0.2, 0.25) is 0 Å². The van der Waals surface area contributed by atoms with Gasteiger partial charge in [0.15, 0.2) is 0 Å². The van der Waals surface area contributed by atoms with Crippen LogP contribution in [0.1, 0.15) is 36.9 Å². The van der Waals surface area contributed by atoms with E-state index in [0.29, 0.717) is 6.04 Å². The van der Waals surface area contributed by atoms with E-state index in [1.165, 1.54) is 37.1 Å². The van der Waals surface area contributed by atoms with Crippen molar-refractivity contribution in [3.63, 3.8) is 0 Å². The van der Waals surface area contributed by atoms with Crippen molar-refractivity contribution in [3.8, 4) is 0 Å². The summed E-state index contributed by atoms with van der Waals surface area (Å²) in [5, 5.41) is 0. The number of hydrogen-bond acceptors (Lipinski definition) is 2. The second-order valence-corrected chi connectivity index (χ2v) is 5.24. The Bertz CT molecular complexity index is 352. The van der Waals surface area contributed by atoms with E-state index in [-0.39, 0.29) is 0 Å². The Morgan fingerprint density at radius 2 is 2.35 bits per heavy atom. The van der Waals surface area contributed by atoms with Crippen LogP contribution in [0.25, 0.3) is 0 Å². The van der Waals surface area contributed by atoms with Gasteiger partial charge in [-0.15, -0.1) is 11.6 Å². The van der Waals surface area contributed by atoms with Crippen molar-refractivity contribution in [1.82, 2.24) is 9.88 Å². The molecule has 1 aliphatic heterocycles. The highest BCUT2D eigenvalue weighted by Crippen LogP contribution is 2.22. The van der Waals surface area contributed by atoms with Gasteiger partial charge in [0.1, 0.15) is 0 Å². The molecule has 1 unspecified atom stereocenters. The number of nitrogens with zero attached hydrogens (tertiary/aromatic N) is 2. The van der Waals surface area contributed by atoms with Crippen molar-refractivity contribution in [1.29, 1.82) is 0 Å². The fourth-order valence-electron chi connectivity index (χ4n) is 2.60. The minimum Gasteiger partial charge on any atom is -0.295 e. The maximum absolute atomic E-state index is 5.89. The molecule has 17 heavy (non-hydrogen) atoms. The average Bonchev–Trinajstić information content (AvgIpc) is 2.35. The van der Waals surface area contributed by atoms with Gasteiger partial charge in [0.25, 0.3) is 0 Å². The summed E-state index contributed by atoms with van der Waals surface area (Å²) >= 11 is 5.89. The maximum atomic E-state index is 5.89. The van der Waals surface area contributed by atoms with Gasteiger partial charge in [0.2, 0.25) is 0 Å². The molecule has 0 aliphatic carbocycles. The summed E-state index contributed by atoms with van der Waals surface area (Å²) < 4.78 is 0. The predicted molar refractivity (Wildman–Crippen MR) is 72.4 cm³/mol. The van der Waals surface area contributed by atoms with Crippen molar-refractivity contribution >= 4 is 11.6 Å². The van der Waals surface area contributed by atoms with E-state index in [1.807, 2.05) is 12.3 Å². The lowest BCUT2D eigenvalue weighted by atomic mass is 9.99. The van der Waals surface area contributed by atoms with E-state index >= 15 is 0 Å². The molecule has 0 radical (unpaired) electrons. The van der Waals surface area contributed by atoms with Crippen LogP contribution in [-0.2, 0) is 6.54 Å². The summed E-state index contributed by atoms with van der Waals surface area (Å²) in [5.41, 5.74) is 2.51. The molecule has 1 atom stereocenters. The number of aryl methyl sites for hydroxylation is 1. The third kappa shape index (κ3) is 3.43. The molecule has 0 N–H and O–H groups in total. The fraction of sp³-hybridized carbons (Fsp3) is 0.643. The van der Waals surface area contributed by atoms with Crippen molar-refractivity contribution in [3.05, 3.63) is 29.6 Å². The van der Waals surface area contributed by atoms with Crippen molar-refractivity contribution < 1.29 is 0 Å². The summed E-state index contributed by atoms with van der Waals surface area (Å²) in [4.78, 5) is 7.05. The molecule has 2 rings (SSSR count). The lowest BCUT2D eigenvalue weighted by Crippen LogP contribution is -2.39. The molecule has 1 aliphatic rings. The first kappa shape index (κ1) is 12.8. The second-order valence-electron chi connectivity index (χ2n) is 4.86. The first-order chi connectivity index (χ1) is 8.31. The van der Waals surface area contributed by atoms with Crippen molar-refractivity contribution in [2.45, 2.75) is 45.2 Å². The standard InChI is InChI=1S/C14H21ClN2/c1-12-5-4-9-16-14(12)11-17-10-3-2-6-13(17)7-8-15/h4-5,9,13H,2-3,6-8,10-11H2,1H3. The highest BCUT2D eigenvalue weighted by atomic mass is 35.5. The predicted octanol–water partition coefficient (Wildman–Crippen LogP) is 3.37. The van der Waals surface area contributed by atoms with Crippen LogP contribution in [0.15, 0.2) is 18.3 Å². The topological polar surface area (TPSA) is 16.1 Å². The van der Waals surface area contributed by atoms with Gasteiger partial charge in [-0.2, -0.15) is 0 Å². The van der Waals surface area contributed by atoms with Gasteiger partial charge in [-0.1, -0.05) is 12.5 Å². The third-order valence-electron chi connectivity index (χ3n) is 3.66. The van der Waals surface area contributed by atoms with Gasteiger partial charge >= 0.3 is 0 Å². The second kappa shape index (κ2) is 6.36. The molecule has 1 aromatic rings. The smallest absolute Gasteiger partial charge is 0.0573 e. The zero-order chi connectivity index (χ0) is 12.1. The molecule has 94 valence electrons. The molecule has 1 saturated heterocycles. The molecule has 3 heteroatoms. The van der Waals surface area contributed by atoms with Gasteiger partial charge in [0, 0.05) is 24.7 Å². The van der Waals surface area contributed by atoms with E-state index in [9.17, 15) is 0 Å². The highest BCUT2D eigenvalue weighted by molar-refractivity contribution is 6.17. The summed E-state index contributed by atoms with van der Waals surface area (Å²) in [5.74, 6) is 0.766. The zero-order valence-corrected chi connectivity index (χ0v) is 11.3. The van der Waals surface area contributed by atoms with Gasteiger partial charge in [0.05, 0.1) is 5.69 Å². The van der Waals surface area contributed by atoms with E-state index in [2.05, 4.69) is 22.9 Å². The van der Waals surface area contributed by atoms with Gasteiger partial charge < -0.3 is 0 Å². The van der Waals surface area contributed by atoms with E-state index in [1.54, 1.807) is 0 Å². The van der Waals surface area contributed by atoms with Crippen molar-refractivity contribution in [2.75, 3.05) is 12.4 Å². The molecule has 0 aromatic carbocycles. The van der Waals surface area contributed by atoms with Gasteiger partial charge in [-0.3, -0.25) is 9.88 Å². The number of halogens is 1. The Balaban J connectivity index is 2.03. The first-order valence-electron chi connectivity index (χ1n) is 6.52. The molecule has 0 amide bonds. The van der Waals surface area contributed by atoms with Gasteiger partial charge in [-0.05, 0) is 44.4 Å². The third-order valence-corrected chi connectivity index (χ3v) is 3.88. The Hall–Kier alpha value is -0.600. The van der Waals surface area contributed by atoms with E-state index in [0.717, 1.165) is 18.8 Å². The molecule has 0 saturated carbocycles. The SMILES string of the molecule is Cc1cccnc1CN1CCCCC1CCCl. The van der Waals surface area contributed by atoms with Crippen LogP contribution in [0.5, 0.6) is 0 Å². The monoisotopic (exact) mass is 252 g/mol. The molecule has 0 bridgehead atoms. The summed E-state index contributed by atoms with van der Waals surface area (Å²) in [7, 11) is 0. The lowest BCUT2D eigenvalue weighted by Gasteiger charge is -2.35. The molecular weight excluding hydrogens is 232 g/mol. The number of hydrogen-bond donors (Lipinski definition) is 0. The Labute approximate surface area is 109 Å². The Kier molecular flexibility index (Phi) is 4.81. The van der Waals surface area contributed by atoms with Crippen LogP contribution >= 0.6 is 11.6 Å². The molecule has 1 aromatic heterocycles. The van der Waals surface area contributed by atoms with Crippen LogP contribution in [-0.4, -0.2) is 28.4 Å². The van der Waals surface area contributed by atoms with E-state index < -0.39 is 0 Å². The van der Waals surface area contributed by atoms with Crippen LogP contribution < -0.4 is 0 Å². The van der Waals surface area contributed by atoms with E-state index in [4.69, 9.17) is 11.6 Å². The molecular formula is C14H21ClN2. The molecule has 0 spiro atoms.